The van der Waals surface area contributed by atoms with Crippen LogP contribution in [0.5, 0.6) is 0 Å². The van der Waals surface area contributed by atoms with Gasteiger partial charge in [0.05, 0.1) is 23.1 Å². The van der Waals surface area contributed by atoms with Gasteiger partial charge in [-0.15, -0.1) is 0 Å². The van der Waals surface area contributed by atoms with Gasteiger partial charge in [-0.3, -0.25) is 19.3 Å². The molecule has 1 atom stereocenters. The van der Waals surface area contributed by atoms with E-state index in [1.807, 2.05) is 31.4 Å². The Morgan fingerprint density at radius 3 is 2.57 bits per heavy atom. The summed E-state index contributed by atoms with van der Waals surface area (Å²) < 4.78 is 3.20. The van der Waals surface area contributed by atoms with Gasteiger partial charge in [0, 0.05) is 49.6 Å². The van der Waals surface area contributed by atoms with Crippen molar-refractivity contribution >= 4 is 23.7 Å². The number of rotatable bonds is 5. The van der Waals surface area contributed by atoms with Crippen LogP contribution in [0.15, 0.2) is 36.8 Å². The van der Waals surface area contributed by atoms with E-state index in [1.54, 1.807) is 22.0 Å². The molecular weight excluding hydrogens is 448 g/mol. The SMILES string of the molecule is C[C@@H](O)C(=O)N1CCC(c2nc3c(-c4ccc(-c5ccn(C)n5)nc4)cnn3c(N)c2C=O)CC1. The highest BCUT2D eigenvalue weighted by molar-refractivity contribution is 5.87. The maximum Gasteiger partial charge on any atom is 0.251 e. The van der Waals surface area contributed by atoms with Gasteiger partial charge in [-0.25, -0.2) is 4.98 Å². The number of anilines is 1. The Balaban J connectivity index is 1.49. The first-order valence-electron chi connectivity index (χ1n) is 11.4. The number of hydrogen-bond acceptors (Lipinski definition) is 8. The number of pyridine rings is 1. The molecular formula is C24H26N8O3. The van der Waals surface area contributed by atoms with Gasteiger partial charge >= 0.3 is 0 Å². The van der Waals surface area contributed by atoms with Crippen LogP contribution >= 0.6 is 0 Å². The lowest BCUT2D eigenvalue weighted by Crippen LogP contribution is -2.42. The van der Waals surface area contributed by atoms with Crippen molar-refractivity contribution in [2.75, 3.05) is 18.8 Å². The quantitative estimate of drug-likeness (QED) is 0.416. The Morgan fingerprint density at radius 2 is 1.97 bits per heavy atom. The number of carbonyl (C=O) groups excluding carboxylic acids is 2. The van der Waals surface area contributed by atoms with Gasteiger partial charge in [0.2, 0.25) is 0 Å². The molecule has 11 nitrogen and oxygen atoms in total. The van der Waals surface area contributed by atoms with Gasteiger partial charge in [0.25, 0.3) is 5.91 Å². The number of aliphatic hydroxyl groups is 1. The first kappa shape index (κ1) is 22.7. The molecule has 0 aliphatic carbocycles. The fourth-order valence-electron chi connectivity index (χ4n) is 4.57. The van der Waals surface area contributed by atoms with Crippen LogP contribution < -0.4 is 5.73 Å². The summed E-state index contributed by atoms with van der Waals surface area (Å²) in [4.78, 5) is 35.1. The molecule has 4 aromatic heterocycles. The number of nitrogens with zero attached hydrogens (tertiary/aromatic N) is 7. The Hall–Kier alpha value is -4.12. The average Bonchev–Trinajstić information content (AvgIpc) is 3.50. The van der Waals surface area contributed by atoms with E-state index >= 15 is 0 Å². The molecule has 0 aromatic carbocycles. The first-order valence-corrected chi connectivity index (χ1v) is 11.4. The third-order valence-electron chi connectivity index (χ3n) is 6.47. The molecule has 3 N–H and O–H groups in total. The normalized spacial score (nSPS) is 15.5. The van der Waals surface area contributed by atoms with E-state index in [-0.39, 0.29) is 17.6 Å². The maximum absolute atomic E-state index is 12.1. The topological polar surface area (TPSA) is 145 Å². The summed E-state index contributed by atoms with van der Waals surface area (Å²) in [5, 5.41) is 18.4. The monoisotopic (exact) mass is 474 g/mol. The number of hydrogen-bond donors (Lipinski definition) is 2. The molecule has 1 saturated heterocycles. The van der Waals surface area contributed by atoms with E-state index in [1.165, 1.54) is 11.4 Å². The van der Waals surface area contributed by atoms with E-state index in [4.69, 9.17) is 10.7 Å². The predicted molar refractivity (Wildman–Crippen MR) is 128 cm³/mol. The van der Waals surface area contributed by atoms with Crippen LogP contribution in [-0.2, 0) is 11.8 Å². The summed E-state index contributed by atoms with van der Waals surface area (Å²) in [6.45, 7) is 2.42. The number of nitrogen functional groups attached to an aromatic ring is 1. The van der Waals surface area contributed by atoms with E-state index < -0.39 is 6.10 Å². The molecule has 0 bridgehead atoms. The van der Waals surface area contributed by atoms with Crippen LogP contribution in [0.1, 0.15) is 41.7 Å². The van der Waals surface area contributed by atoms with Crippen LogP contribution in [0.4, 0.5) is 5.82 Å². The lowest BCUT2D eigenvalue weighted by Gasteiger charge is -2.33. The fourth-order valence-corrected chi connectivity index (χ4v) is 4.57. The molecule has 1 amide bonds. The molecule has 4 aromatic rings. The zero-order valence-electron chi connectivity index (χ0n) is 19.5. The lowest BCUT2D eigenvalue weighted by atomic mass is 9.90. The smallest absolute Gasteiger partial charge is 0.251 e. The zero-order valence-corrected chi connectivity index (χ0v) is 19.5. The number of carbonyl (C=O) groups is 2. The van der Waals surface area contributed by atoms with Crippen molar-refractivity contribution in [1.29, 1.82) is 0 Å². The summed E-state index contributed by atoms with van der Waals surface area (Å²) >= 11 is 0. The van der Waals surface area contributed by atoms with Crippen LogP contribution in [0.3, 0.4) is 0 Å². The fraction of sp³-hybridized carbons (Fsp3) is 0.333. The molecule has 0 radical (unpaired) electrons. The summed E-state index contributed by atoms with van der Waals surface area (Å²) in [6, 6.07) is 5.71. The highest BCUT2D eigenvalue weighted by Gasteiger charge is 2.29. The molecule has 180 valence electrons. The van der Waals surface area contributed by atoms with E-state index in [0.29, 0.717) is 42.8 Å². The van der Waals surface area contributed by atoms with Crippen molar-refractivity contribution < 1.29 is 14.7 Å². The molecule has 11 heteroatoms. The van der Waals surface area contributed by atoms with Gasteiger partial charge < -0.3 is 15.7 Å². The Kier molecular flexibility index (Phi) is 5.77. The van der Waals surface area contributed by atoms with Gasteiger partial charge in [-0.2, -0.15) is 14.7 Å². The van der Waals surface area contributed by atoms with Crippen molar-refractivity contribution in [2.24, 2.45) is 7.05 Å². The second-order valence-electron chi connectivity index (χ2n) is 8.79. The Bertz CT molecular complexity index is 1400. The number of nitrogens with two attached hydrogens (primary N) is 1. The minimum atomic E-state index is -1.03. The number of aromatic nitrogens is 6. The van der Waals surface area contributed by atoms with E-state index in [0.717, 1.165) is 28.8 Å². The van der Waals surface area contributed by atoms with Crippen LogP contribution in [0.2, 0.25) is 0 Å². The molecule has 1 aliphatic rings. The van der Waals surface area contributed by atoms with Gasteiger partial charge in [0.1, 0.15) is 17.6 Å². The molecule has 0 unspecified atom stereocenters. The molecule has 5 heterocycles. The number of piperidine rings is 1. The number of amides is 1. The summed E-state index contributed by atoms with van der Waals surface area (Å²) in [6.07, 6.45) is 6.19. The minimum absolute atomic E-state index is 0.0482. The van der Waals surface area contributed by atoms with Crippen molar-refractivity contribution in [3.05, 3.63) is 48.0 Å². The summed E-state index contributed by atoms with van der Waals surface area (Å²) in [5.74, 6) is -0.110. The zero-order chi connectivity index (χ0) is 24.7. The summed E-state index contributed by atoms with van der Waals surface area (Å²) in [5.41, 5.74) is 10.9. The molecule has 0 spiro atoms. The molecule has 35 heavy (non-hydrogen) atoms. The lowest BCUT2D eigenvalue weighted by molar-refractivity contribution is -0.140. The third-order valence-corrected chi connectivity index (χ3v) is 6.47. The van der Waals surface area contributed by atoms with Crippen molar-refractivity contribution in [3.8, 4) is 22.5 Å². The number of fused-ring (bicyclic) bond motifs is 1. The largest absolute Gasteiger partial charge is 0.384 e. The van der Waals surface area contributed by atoms with E-state index in [9.17, 15) is 14.7 Å². The molecule has 5 rings (SSSR count). The van der Waals surface area contributed by atoms with Crippen LogP contribution in [-0.4, -0.2) is 70.8 Å². The summed E-state index contributed by atoms with van der Waals surface area (Å²) in [7, 11) is 1.85. The average molecular weight is 475 g/mol. The second kappa shape index (κ2) is 8.91. The molecule has 0 saturated carbocycles. The third kappa shape index (κ3) is 4.03. The Morgan fingerprint density at radius 1 is 1.20 bits per heavy atom. The van der Waals surface area contributed by atoms with Crippen molar-refractivity contribution in [1.82, 2.24) is 34.3 Å². The molecule has 1 aliphatic heterocycles. The van der Waals surface area contributed by atoms with Crippen molar-refractivity contribution in [2.45, 2.75) is 31.8 Å². The van der Waals surface area contributed by atoms with Gasteiger partial charge in [0.15, 0.2) is 11.9 Å². The number of likely N-dealkylation sites (tertiary alicyclic amines) is 1. The van der Waals surface area contributed by atoms with E-state index in [2.05, 4.69) is 15.2 Å². The first-order chi connectivity index (χ1) is 16.9. The molecule has 1 fully saturated rings. The number of aldehydes is 1. The maximum atomic E-state index is 12.1. The highest BCUT2D eigenvalue weighted by atomic mass is 16.3. The van der Waals surface area contributed by atoms with Gasteiger partial charge in [-0.1, -0.05) is 6.07 Å². The van der Waals surface area contributed by atoms with Gasteiger partial charge in [-0.05, 0) is 31.9 Å². The Labute approximate surface area is 201 Å². The standard InChI is InChI=1S/C24H26N8O3/c1-14(34)24(35)31-9-5-15(6-10-31)21-18(13-33)22(25)32-23(28-21)17(12-27-32)16-3-4-19(26-11-16)20-7-8-30(2)29-20/h3-4,7-8,11-15,34H,5-6,9-10,25H2,1-2H3/t14-/m1/s1. The van der Waals surface area contributed by atoms with Crippen LogP contribution in [0, 0.1) is 0 Å². The van der Waals surface area contributed by atoms with Crippen LogP contribution in [0.25, 0.3) is 28.2 Å². The minimum Gasteiger partial charge on any atom is -0.384 e. The highest BCUT2D eigenvalue weighted by Crippen LogP contribution is 2.34. The number of aryl methyl sites for hydroxylation is 1. The number of aliphatic hydroxyl groups excluding tert-OH is 1. The predicted octanol–water partition coefficient (Wildman–Crippen LogP) is 1.67. The second-order valence-corrected chi connectivity index (χ2v) is 8.79. The van der Waals surface area contributed by atoms with Crippen molar-refractivity contribution in [3.63, 3.8) is 0 Å².